The Hall–Kier alpha value is -1.76. The number of hydrogen-bond acceptors (Lipinski definition) is 6. The largest absolute Gasteiger partial charge is 0.490 e. The molecule has 2 rings (SSSR count). The molecule has 0 radical (unpaired) electrons. The molecule has 7 nitrogen and oxygen atoms in total. The van der Waals surface area contributed by atoms with Gasteiger partial charge in [0.25, 0.3) is 0 Å². The Morgan fingerprint density at radius 1 is 1.23 bits per heavy atom. The topological polar surface area (TPSA) is 67.8 Å². The quantitative estimate of drug-likeness (QED) is 0.775. The van der Waals surface area contributed by atoms with Crippen molar-refractivity contribution in [2.24, 2.45) is 0 Å². The minimum absolute atomic E-state index is 0.280. The van der Waals surface area contributed by atoms with E-state index in [0.717, 1.165) is 0 Å². The highest BCUT2D eigenvalue weighted by Crippen LogP contribution is 2.31. The lowest BCUT2D eigenvalue weighted by molar-refractivity contribution is 0.0240. The molecule has 1 saturated heterocycles. The SMILES string of the molecule is COc1c(Cl)ncnc1N1CCN(C(=O)OC(C)(C)C)CC1. The Labute approximate surface area is 135 Å². The third-order valence-electron chi connectivity index (χ3n) is 3.18. The number of anilines is 1. The number of rotatable bonds is 2. The summed E-state index contributed by atoms with van der Waals surface area (Å²) in [6, 6.07) is 0. The van der Waals surface area contributed by atoms with Crippen LogP contribution >= 0.6 is 11.6 Å². The van der Waals surface area contributed by atoms with Crippen LogP contribution in [0.5, 0.6) is 5.75 Å². The zero-order valence-corrected chi connectivity index (χ0v) is 14.1. The monoisotopic (exact) mass is 328 g/mol. The molecule has 0 saturated carbocycles. The molecular weight excluding hydrogens is 308 g/mol. The molecule has 8 heteroatoms. The molecule has 1 aromatic rings. The molecule has 1 amide bonds. The van der Waals surface area contributed by atoms with Crippen LogP contribution in [0.25, 0.3) is 0 Å². The summed E-state index contributed by atoms with van der Waals surface area (Å²) in [4.78, 5) is 23.9. The normalized spacial score (nSPS) is 15.7. The van der Waals surface area contributed by atoms with Gasteiger partial charge in [-0.3, -0.25) is 0 Å². The van der Waals surface area contributed by atoms with Gasteiger partial charge < -0.3 is 19.3 Å². The Morgan fingerprint density at radius 2 is 1.86 bits per heavy atom. The Balaban J connectivity index is 2.01. The van der Waals surface area contributed by atoms with Crippen LogP contribution in [-0.2, 0) is 4.74 Å². The van der Waals surface area contributed by atoms with E-state index in [9.17, 15) is 4.79 Å². The van der Waals surface area contributed by atoms with Gasteiger partial charge in [-0.1, -0.05) is 11.6 Å². The maximum absolute atomic E-state index is 12.0. The maximum Gasteiger partial charge on any atom is 0.410 e. The standard InChI is InChI=1S/C14H21ClN4O3/c1-14(2,3)22-13(20)19-7-5-18(6-8-19)12-10(21-4)11(15)16-9-17-12/h9H,5-8H2,1-4H3. The number of aromatic nitrogens is 2. The first-order chi connectivity index (χ1) is 10.3. The molecular formula is C14H21ClN4O3. The Bertz CT molecular complexity index is 539. The summed E-state index contributed by atoms with van der Waals surface area (Å²) in [7, 11) is 1.53. The lowest BCUT2D eigenvalue weighted by Gasteiger charge is -2.36. The lowest BCUT2D eigenvalue weighted by atomic mass is 10.2. The Kier molecular flexibility index (Phi) is 4.95. The maximum atomic E-state index is 12.0. The summed E-state index contributed by atoms with van der Waals surface area (Å²) in [6.45, 7) is 7.93. The van der Waals surface area contributed by atoms with Crippen molar-refractivity contribution in [3.05, 3.63) is 11.5 Å². The van der Waals surface area contributed by atoms with Gasteiger partial charge in [0.05, 0.1) is 7.11 Å². The van der Waals surface area contributed by atoms with Crippen LogP contribution < -0.4 is 9.64 Å². The van der Waals surface area contributed by atoms with Crippen LogP contribution in [0.4, 0.5) is 10.6 Å². The molecule has 0 bridgehead atoms. The summed E-state index contributed by atoms with van der Waals surface area (Å²) in [5, 5.41) is 0.280. The van der Waals surface area contributed by atoms with Crippen molar-refractivity contribution in [1.82, 2.24) is 14.9 Å². The number of piperazine rings is 1. The molecule has 0 N–H and O–H groups in total. The fourth-order valence-corrected chi connectivity index (χ4v) is 2.38. The van der Waals surface area contributed by atoms with Crippen molar-refractivity contribution < 1.29 is 14.3 Å². The number of ether oxygens (including phenoxy) is 2. The second kappa shape index (κ2) is 6.56. The number of amides is 1. The van der Waals surface area contributed by atoms with Crippen molar-refractivity contribution in [3.8, 4) is 5.75 Å². The van der Waals surface area contributed by atoms with Gasteiger partial charge in [0.2, 0.25) is 0 Å². The molecule has 1 aliphatic heterocycles. The summed E-state index contributed by atoms with van der Waals surface area (Å²) in [6.07, 6.45) is 1.11. The molecule has 0 atom stereocenters. The van der Waals surface area contributed by atoms with E-state index < -0.39 is 5.60 Å². The molecule has 1 aliphatic rings. The summed E-state index contributed by atoms with van der Waals surface area (Å²) in [5.74, 6) is 1.10. The van der Waals surface area contributed by atoms with Crippen LogP contribution in [0.3, 0.4) is 0 Å². The van der Waals surface area contributed by atoms with Gasteiger partial charge in [-0.15, -0.1) is 0 Å². The number of carbonyl (C=O) groups excluding carboxylic acids is 1. The van der Waals surface area contributed by atoms with Gasteiger partial charge in [-0.05, 0) is 20.8 Å². The van der Waals surface area contributed by atoms with Crippen molar-refractivity contribution in [1.29, 1.82) is 0 Å². The van der Waals surface area contributed by atoms with E-state index in [2.05, 4.69) is 9.97 Å². The highest BCUT2D eigenvalue weighted by Gasteiger charge is 2.27. The fourth-order valence-electron chi connectivity index (χ4n) is 2.17. The average Bonchev–Trinajstić information content (AvgIpc) is 2.45. The first-order valence-electron chi connectivity index (χ1n) is 7.09. The third kappa shape index (κ3) is 3.91. The molecule has 0 aliphatic carbocycles. The van der Waals surface area contributed by atoms with E-state index >= 15 is 0 Å². The average molecular weight is 329 g/mol. The highest BCUT2D eigenvalue weighted by molar-refractivity contribution is 6.31. The minimum atomic E-state index is -0.488. The van der Waals surface area contributed by atoms with Crippen LogP contribution in [0.2, 0.25) is 5.15 Å². The zero-order valence-electron chi connectivity index (χ0n) is 13.3. The van der Waals surface area contributed by atoms with Gasteiger partial charge in [-0.25, -0.2) is 14.8 Å². The number of carbonyl (C=O) groups is 1. The number of nitrogens with zero attached hydrogens (tertiary/aromatic N) is 4. The number of halogens is 1. The molecule has 0 spiro atoms. The lowest BCUT2D eigenvalue weighted by Crippen LogP contribution is -2.50. The van der Waals surface area contributed by atoms with E-state index in [0.29, 0.717) is 37.7 Å². The molecule has 0 unspecified atom stereocenters. The summed E-state index contributed by atoms with van der Waals surface area (Å²) < 4.78 is 10.6. The van der Waals surface area contributed by atoms with E-state index in [1.54, 1.807) is 4.90 Å². The third-order valence-corrected chi connectivity index (χ3v) is 3.45. The Morgan fingerprint density at radius 3 is 2.41 bits per heavy atom. The fraction of sp³-hybridized carbons (Fsp3) is 0.643. The summed E-state index contributed by atoms with van der Waals surface area (Å²) in [5.41, 5.74) is -0.488. The van der Waals surface area contributed by atoms with E-state index in [-0.39, 0.29) is 11.2 Å². The van der Waals surface area contributed by atoms with E-state index in [4.69, 9.17) is 21.1 Å². The van der Waals surface area contributed by atoms with Crippen LogP contribution in [-0.4, -0.2) is 59.9 Å². The minimum Gasteiger partial charge on any atom is -0.490 e. The van der Waals surface area contributed by atoms with Gasteiger partial charge in [-0.2, -0.15) is 0 Å². The van der Waals surface area contributed by atoms with E-state index in [1.807, 2.05) is 25.7 Å². The van der Waals surface area contributed by atoms with Gasteiger partial charge in [0.1, 0.15) is 11.9 Å². The first-order valence-corrected chi connectivity index (χ1v) is 7.47. The van der Waals surface area contributed by atoms with Crippen molar-refractivity contribution in [3.63, 3.8) is 0 Å². The molecule has 1 aromatic heterocycles. The van der Waals surface area contributed by atoms with Gasteiger partial charge in [0.15, 0.2) is 16.7 Å². The second-order valence-electron chi connectivity index (χ2n) is 5.98. The second-order valence-corrected chi connectivity index (χ2v) is 6.33. The predicted molar refractivity (Wildman–Crippen MR) is 83.6 cm³/mol. The molecule has 1 fully saturated rings. The number of hydrogen-bond donors (Lipinski definition) is 0. The molecule has 0 aromatic carbocycles. The van der Waals surface area contributed by atoms with Crippen molar-refractivity contribution in [2.45, 2.75) is 26.4 Å². The van der Waals surface area contributed by atoms with Crippen LogP contribution in [0, 0.1) is 0 Å². The van der Waals surface area contributed by atoms with Crippen molar-refractivity contribution in [2.75, 3.05) is 38.2 Å². The number of methoxy groups -OCH3 is 1. The molecule has 122 valence electrons. The predicted octanol–water partition coefficient (Wildman–Crippen LogP) is 2.20. The van der Waals surface area contributed by atoms with Crippen molar-refractivity contribution >= 4 is 23.5 Å². The van der Waals surface area contributed by atoms with Gasteiger partial charge in [0, 0.05) is 26.2 Å². The molecule has 2 heterocycles. The zero-order chi connectivity index (χ0) is 16.3. The van der Waals surface area contributed by atoms with Crippen LogP contribution in [0.15, 0.2) is 6.33 Å². The smallest absolute Gasteiger partial charge is 0.410 e. The van der Waals surface area contributed by atoms with E-state index in [1.165, 1.54) is 13.4 Å². The molecule has 22 heavy (non-hydrogen) atoms. The first kappa shape index (κ1) is 16.6. The highest BCUT2D eigenvalue weighted by atomic mass is 35.5. The summed E-state index contributed by atoms with van der Waals surface area (Å²) >= 11 is 6.01. The van der Waals surface area contributed by atoms with Gasteiger partial charge >= 0.3 is 6.09 Å². The van der Waals surface area contributed by atoms with Crippen LogP contribution in [0.1, 0.15) is 20.8 Å².